The number of amides is 2. The van der Waals surface area contributed by atoms with Gasteiger partial charge in [-0.15, -0.1) is 11.3 Å². The molecule has 3 N–H and O–H groups in total. The molecule has 0 unspecified atom stereocenters. The van der Waals surface area contributed by atoms with Gasteiger partial charge in [0, 0.05) is 32.8 Å². The van der Waals surface area contributed by atoms with Gasteiger partial charge in [-0.3, -0.25) is 9.59 Å². The molecule has 0 spiro atoms. The Bertz CT molecular complexity index is 1780. The maximum atomic E-state index is 13.8. The van der Waals surface area contributed by atoms with E-state index in [2.05, 4.69) is 26.1 Å². The third kappa shape index (κ3) is 8.03. The van der Waals surface area contributed by atoms with Gasteiger partial charge in [0.15, 0.2) is 11.7 Å². The number of hydrogen-bond donors (Lipinski definition) is 3. The second kappa shape index (κ2) is 13.7. The lowest BCUT2D eigenvalue weighted by Gasteiger charge is -2.10. The third-order valence-electron chi connectivity index (χ3n) is 6.10. The van der Waals surface area contributed by atoms with Crippen LogP contribution < -0.4 is 20.8 Å². The molecule has 1 heterocycles. The maximum absolute atomic E-state index is 13.8. The zero-order chi connectivity index (χ0) is 30.2. The molecule has 11 heteroatoms. The van der Waals surface area contributed by atoms with Gasteiger partial charge in [-0.05, 0) is 61.5 Å². The number of ether oxygens (including phenoxy) is 1. The van der Waals surface area contributed by atoms with E-state index in [0.717, 1.165) is 22.1 Å². The Morgan fingerprint density at radius 1 is 1.02 bits per heavy atom. The molecule has 0 aliphatic heterocycles. The zero-order valence-electron chi connectivity index (χ0n) is 22.8. The molecule has 2 amide bonds. The largest absolute Gasteiger partial charge is 0.483 e. The van der Waals surface area contributed by atoms with E-state index in [9.17, 15) is 14.0 Å². The number of hydrogen-bond acceptors (Lipinski definition) is 7. The predicted molar refractivity (Wildman–Crippen MR) is 169 cm³/mol. The molecule has 0 atom stereocenters. The van der Waals surface area contributed by atoms with E-state index < -0.39 is 17.6 Å². The molecule has 0 fully saturated rings. The van der Waals surface area contributed by atoms with E-state index >= 15 is 0 Å². The molecule has 216 valence electrons. The number of nitrogens with zero attached hydrogens (tertiary/aromatic N) is 2. The molecule has 43 heavy (non-hydrogen) atoms. The number of benzene rings is 4. The Hall–Kier alpha value is -5.06. The lowest BCUT2D eigenvalue weighted by Crippen LogP contribution is -2.21. The zero-order valence-corrected chi connectivity index (χ0v) is 24.4. The van der Waals surface area contributed by atoms with Crippen LogP contribution in [0.25, 0.3) is 11.3 Å². The van der Waals surface area contributed by atoms with Crippen molar-refractivity contribution in [3.05, 3.63) is 124 Å². The fourth-order valence-corrected chi connectivity index (χ4v) is 4.81. The summed E-state index contributed by atoms with van der Waals surface area (Å²) in [5.74, 6) is -1.22. The molecule has 1 aromatic heterocycles. The number of carbonyl (C=O) groups excluding carboxylic acids is 2. The van der Waals surface area contributed by atoms with E-state index in [-0.39, 0.29) is 12.3 Å². The molecule has 4 aromatic carbocycles. The first-order chi connectivity index (χ1) is 20.8. The van der Waals surface area contributed by atoms with Crippen molar-refractivity contribution in [1.82, 2.24) is 10.4 Å². The molecule has 5 rings (SSSR count). The number of nitrogens with one attached hydrogen (secondary N) is 3. The molecule has 0 aliphatic carbocycles. The molecule has 0 saturated heterocycles. The van der Waals surface area contributed by atoms with Gasteiger partial charge >= 0.3 is 0 Å². The highest BCUT2D eigenvalue weighted by Gasteiger charge is 2.11. The summed E-state index contributed by atoms with van der Waals surface area (Å²) in [6, 6.07) is 25.6. The molecule has 8 nitrogen and oxygen atoms in total. The van der Waals surface area contributed by atoms with E-state index in [1.165, 1.54) is 41.3 Å². The van der Waals surface area contributed by atoms with Crippen LogP contribution in [-0.2, 0) is 4.79 Å². The van der Waals surface area contributed by atoms with E-state index in [0.29, 0.717) is 21.9 Å². The van der Waals surface area contributed by atoms with Crippen molar-refractivity contribution in [2.45, 2.75) is 6.92 Å². The summed E-state index contributed by atoms with van der Waals surface area (Å²) in [5, 5.41) is 12.9. The highest BCUT2D eigenvalue weighted by molar-refractivity contribution is 7.14. The Labute approximate surface area is 256 Å². The molecular formula is C32H25ClFN5O3S. The fraction of sp³-hybridized carbons (Fsp3) is 0.0625. The lowest BCUT2D eigenvalue weighted by molar-refractivity contribution is -0.118. The quantitative estimate of drug-likeness (QED) is 0.112. The highest BCUT2D eigenvalue weighted by Crippen LogP contribution is 2.27. The average Bonchev–Trinajstić information content (AvgIpc) is 3.47. The van der Waals surface area contributed by atoms with Crippen molar-refractivity contribution >= 4 is 57.5 Å². The van der Waals surface area contributed by atoms with Gasteiger partial charge in [0.25, 0.3) is 11.8 Å². The average molecular weight is 614 g/mol. The summed E-state index contributed by atoms with van der Waals surface area (Å²) in [5.41, 5.74) is 7.17. The summed E-state index contributed by atoms with van der Waals surface area (Å²) in [6.45, 7) is 1.66. The lowest BCUT2D eigenvalue weighted by atomic mass is 10.1. The van der Waals surface area contributed by atoms with Gasteiger partial charge in [0.05, 0.1) is 17.6 Å². The third-order valence-corrected chi connectivity index (χ3v) is 7.09. The van der Waals surface area contributed by atoms with Crippen LogP contribution in [0.15, 0.2) is 101 Å². The molecule has 0 radical (unpaired) electrons. The normalized spacial score (nSPS) is 10.9. The van der Waals surface area contributed by atoms with Crippen LogP contribution >= 0.6 is 22.9 Å². The number of carbonyl (C=O) groups is 2. The Morgan fingerprint density at radius 2 is 1.79 bits per heavy atom. The molecular weight excluding hydrogens is 589 g/mol. The monoisotopic (exact) mass is 613 g/mol. The molecule has 5 aromatic rings. The predicted octanol–water partition coefficient (Wildman–Crippen LogP) is 7.44. The summed E-state index contributed by atoms with van der Waals surface area (Å²) in [6.07, 6.45) is 1.36. The number of aryl methyl sites for hydroxylation is 1. The Kier molecular flexibility index (Phi) is 9.40. The highest BCUT2D eigenvalue weighted by atomic mass is 35.5. The molecule has 0 bridgehead atoms. The van der Waals surface area contributed by atoms with Crippen LogP contribution in [0.4, 0.5) is 20.9 Å². The van der Waals surface area contributed by atoms with Gasteiger partial charge < -0.3 is 15.4 Å². The summed E-state index contributed by atoms with van der Waals surface area (Å²) in [4.78, 5) is 29.6. The Balaban J connectivity index is 1.17. The van der Waals surface area contributed by atoms with E-state index in [1.54, 1.807) is 36.4 Å². The number of hydrazone groups is 1. The van der Waals surface area contributed by atoms with Crippen LogP contribution in [-0.4, -0.2) is 29.6 Å². The van der Waals surface area contributed by atoms with Crippen LogP contribution in [0.5, 0.6) is 5.75 Å². The van der Waals surface area contributed by atoms with E-state index in [1.807, 2.05) is 48.7 Å². The van der Waals surface area contributed by atoms with Gasteiger partial charge in [0.1, 0.15) is 11.6 Å². The van der Waals surface area contributed by atoms with Crippen molar-refractivity contribution in [3.63, 3.8) is 0 Å². The maximum Gasteiger partial charge on any atom is 0.271 e. The van der Waals surface area contributed by atoms with Gasteiger partial charge in [-0.1, -0.05) is 53.6 Å². The summed E-state index contributed by atoms with van der Waals surface area (Å²) < 4.78 is 19.4. The minimum absolute atomic E-state index is 0.0520. The number of thiazole rings is 1. The van der Waals surface area contributed by atoms with Gasteiger partial charge in [0.2, 0.25) is 0 Å². The van der Waals surface area contributed by atoms with Crippen LogP contribution in [0.3, 0.4) is 0 Å². The van der Waals surface area contributed by atoms with Crippen molar-refractivity contribution < 1.29 is 18.7 Å². The standard InChI is InChI=1S/C32H25ClFN5O3S/c1-20-6-13-25(14-7-20)36-32-38-28(19-43-32)21-8-10-22(11-9-21)31(41)39-35-17-23-16-24(33)12-15-29(23)42-18-30(40)37-27-5-3-2-4-26(27)34/h2-17,19H,18H2,1H3,(H,36,38)(H,37,40)(H,39,41)/b35-17+. The van der Waals surface area contributed by atoms with Crippen molar-refractivity contribution in [2.24, 2.45) is 5.10 Å². The van der Waals surface area contributed by atoms with Gasteiger partial charge in [-0.2, -0.15) is 5.10 Å². The van der Waals surface area contributed by atoms with Crippen molar-refractivity contribution in [2.75, 3.05) is 17.2 Å². The number of para-hydroxylation sites is 1. The SMILES string of the molecule is Cc1ccc(Nc2nc(-c3ccc(C(=O)N/N=C/c4cc(Cl)ccc4OCC(=O)Nc4ccccc4F)cc3)cs2)cc1. The minimum Gasteiger partial charge on any atom is -0.483 e. The number of aromatic nitrogens is 1. The molecule has 0 aliphatic rings. The summed E-state index contributed by atoms with van der Waals surface area (Å²) in [7, 11) is 0. The first kappa shape index (κ1) is 29.4. The second-order valence-electron chi connectivity index (χ2n) is 9.30. The topological polar surface area (TPSA) is 105 Å². The minimum atomic E-state index is -0.552. The first-order valence-corrected chi connectivity index (χ1v) is 14.3. The van der Waals surface area contributed by atoms with Crippen LogP contribution in [0.2, 0.25) is 5.02 Å². The Morgan fingerprint density at radius 3 is 2.56 bits per heavy atom. The number of rotatable bonds is 10. The first-order valence-electron chi connectivity index (χ1n) is 13.0. The smallest absolute Gasteiger partial charge is 0.271 e. The summed E-state index contributed by atoms with van der Waals surface area (Å²) >= 11 is 7.61. The number of halogens is 2. The van der Waals surface area contributed by atoms with E-state index in [4.69, 9.17) is 16.3 Å². The van der Waals surface area contributed by atoms with Crippen molar-refractivity contribution in [1.29, 1.82) is 0 Å². The van der Waals surface area contributed by atoms with Crippen LogP contribution in [0, 0.1) is 12.7 Å². The fourth-order valence-electron chi connectivity index (χ4n) is 3.89. The van der Waals surface area contributed by atoms with Crippen molar-refractivity contribution in [3.8, 4) is 17.0 Å². The second-order valence-corrected chi connectivity index (χ2v) is 10.6. The molecule has 0 saturated carbocycles. The van der Waals surface area contributed by atoms with Crippen LogP contribution in [0.1, 0.15) is 21.5 Å². The number of anilines is 3. The van der Waals surface area contributed by atoms with Gasteiger partial charge in [-0.25, -0.2) is 14.8 Å².